The Morgan fingerprint density at radius 1 is 1.82 bits per heavy atom. The first-order chi connectivity index (χ1) is 5.16. The second-order valence-corrected chi connectivity index (χ2v) is 1.90. The third kappa shape index (κ3) is 6.38. The highest BCUT2D eigenvalue weighted by Gasteiger charge is 1.99. The van der Waals surface area contributed by atoms with E-state index in [4.69, 9.17) is 12.2 Å². The summed E-state index contributed by atoms with van der Waals surface area (Å²) < 4.78 is 0. The molecule has 0 aromatic heterocycles. The average molecular weight is 154 g/mol. The molecular formula is C7H10N2O2. The summed E-state index contributed by atoms with van der Waals surface area (Å²) in [5.41, 5.74) is 5.10. The van der Waals surface area contributed by atoms with Crippen LogP contribution in [0.3, 0.4) is 0 Å². The lowest BCUT2D eigenvalue weighted by molar-refractivity contribution is -0.143. The van der Waals surface area contributed by atoms with Crippen molar-refractivity contribution in [3.05, 3.63) is 0 Å². The molecule has 0 aromatic carbocycles. The zero-order valence-electron chi connectivity index (χ0n) is 6.33. The second kappa shape index (κ2) is 5.30. The lowest BCUT2D eigenvalue weighted by atomic mass is 10.3. The van der Waals surface area contributed by atoms with Gasteiger partial charge in [0, 0.05) is 6.42 Å². The number of carbonyl (C=O) groups is 1. The van der Waals surface area contributed by atoms with Crippen LogP contribution in [0.4, 0.5) is 0 Å². The Hall–Kier alpha value is -1.50. The van der Waals surface area contributed by atoms with Gasteiger partial charge in [-0.3, -0.25) is 0 Å². The van der Waals surface area contributed by atoms with Crippen LogP contribution in [0, 0.1) is 12.3 Å². The van der Waals surface area contributed by atoms with Crippen LogP contribution in [0.2, 0.25) is 0 Å². The fourth-order valence-electron chi connectivity index (χ4n) is 0.343. The van der Waals surface area contributed by atoms with Crippen LogP contribution in [0.5, 0.6) is 0 Å². The number of nitrogens with zero attached hydrogens (tertiary/aromatic N) is 1. The molecule has 4 nitrogen and oxygen atoms in total. The molecule has 0 aliphatic heterocycles. The number of hydrogen-bond donors (Lipinski definition) is 1. The fourth-order valence-corrected chi connectivity index (χ4v) is 0.343. The minimum Gasteiger partial charge on any atom is -0.385 e. The van der Waals surface area contributed by atoms with Crippen LogP contribution in [0.25, 0.3) is 0 Å². The highest BCUT2D eigenvalue weighted by molar-refractivity contribution is 5.78. The van der Waals surface area contributed by atoms with Crippen molar-refractivity contribution in [2.45, 2.75) is 19.8 Å². The summed E-state index contributed by atoms with van der Waals surface area (Å²) in [4.78, 5) is 15.0. The number of amidine groups is 1. The predicted octanol–water partition coefficient (Wildman–Crippen LogP) is 0.235. The van der Waals surface area contributed by atoms with E-state index in [0.717, 1.165) is 0 Å². The van der Waals surface area contributed by atoms with Gasteiger partial charge in [-0.25, -0.2) is 4.79 Å². The van der Waals surface area contributed by atoms with E-state index in [1.807, 2.05) is 0 Å². The molecule has 11 heavy (non-hydrogen) atoms. The molecule has 0 amide bonds. The molecule has 0 aromatic rings. The Kier molecular flexibility index (Phi) is 4.58. The number of nitrogens with two attached hydrogens (primary N) is 1. The summed E-state index contributed by atoms with van der Waals surface area (Å²) in [5.74, 6) is 2.05. The Balaban J connectivity index is 3.55. The topological polar surface area (TPSA) is 64.7 Å². The highest BCUT2D eigenvalue weighted by atomic mass is 16.7. The molecule has 0 heterocycles. The molecule has 0 unspecified atom stereocenters. The molecule has 0 fully saturated rings. The van der Waals surface area contributed by atoms with Crippen molar-refractivity contribution < 1.29 is 9.63 Å². The molecule has 0 saturated heterocycles. The van der Waals surface area contributed by atoms with Crippen molar-refractivity contribution in [3.63, 3.8) is 0 Å². The molecule has 0 bridgehead atoms. The molecule has 60 valence electrons. The van der Waals surface area contributed by atoms with Gasteiger partial charge in [0.15, 0.2) is 0 Å². The SMILES string of the molecule is C#CCCC(=O)O/N=C(/C)N. The van der Waals surface area contributed by atoms with Crippen LogP contribution in [0.1, 0.15) is 19.8 Å². The van der Waals surface area contributed by atoms with E-state index in [2.05, 4.69) is 15.9 Å². The average Bonchev–Trinajstić information content (AvgIpc) is 1.97. The maximum absolute atomic E-state index is 10.6. The van der Waals surface area contributed by atoms with E-state index < -0.39 is 5.97 Å². The summed E-state index contributed by atoms with van der Waals surface area (Å²) in [6.07, 6.45) is 5.45. The first kappa shape index (κ1) is 9.50. The summed E-state index contributed by atoms with van der Waals surface area (Å²) in [7, 11) is 0. The normalized spacial score (nSPS) is 10.4. The molecule has 0 rings (SSSR count). The van der Waals surface area contributed by atoms with E-state index >= 15 is 0 Å². The van der Waals surface area contributed by atoms with E-state index in [1.165, 1.54) is 6.92 Å². The van der Waals surface area contributed by atoms with Crippen molar-refractivity contribution in [2.24, 2.45) is 10.9 Å². The van der Waals surface area contributed by atoms with Gasteiger partial charge < -0.3 is 10.6 Å². The minimum absolute atomic E-state index is 0.174. The van der Waals surface area contributed by atoms with E-state index in [1.54, 1.807) is 0 Å². The fraction of sp³-hybridized carbons (Fsp3) is 0.429. The van der Waals surface area contributed by atoms with Crippen molar-refractivity contribution >= 4 is 11.8 Å². The molecule has 0 radical (unpaired) electrons. The Bertz CT molecular complexity index is 199. The van der Waals surface area contributed by atoms with E-state index in [-0.39, 0.29) is 12.3 Å². The van der Waals surface area contributed by atoms with Gasteiger partial charge in [-0.1, -0.05) is 5.16 Å². The standard InChI is InChI=1S/C7H10N2O2/c1-3-4-5-7(10)11-9-6(2)8/h1H,4-5H2,2H3,(H2,8,9). The quantitative estimate of drug-likeness (QED) is 0.208. The molecule has 4 heteroatoms. The molecule has 0 aliphatic carbocycles. The van der Waals surface area contributed by atoms with Crippen molar-refractivity contribution in [2.75, 3.05) is 0 Å². The highest BCUT2D eigenvalue weighted by Crippen LogP contribution is 1.90. The minimum atomic E-state index is -0.465. The van der Waals surface area contributed by atoms with Crippen LogP contribution < -0.4 is 5.73 Å². The van der Waals surface area contributed by atoms with Crippen LogP contribution in [0.15, 0.2) is 5.16 Å². The van der Waals surface area contributed by atoms with Crippen LogP contribution >= 0.6 is 0 Å². The van der Waals surface area contributed by atoms with Gasteiger partial charge in [0.2, 0.25) is 0 Å². The van der Waals surface area contributed by atoms with Gasteiger partial charge in [-0.15, -0.1) is 12.3 Å². The van der Waals surface area contributed by atoms with Gasteiger partial charge in [-0.2, -0.15) is 0 Å². The molecule has 0 atom stereocenters. The summed E-state index contributed by atoms with van der Waals surface area (Å²) in [6, 6.07) is 0. The zero-order valence-corrected chi connectivity index (χ0v) is 6.33. The number of hydrogen-bond acceptors (Lipinski definition) is 3. The first-order valence-electron chi connectivity index (χ1n) is 3.10. The molecular weight excluding hydrogens is 144 g/mol. The largest absolute Gasteiger partial charge is 0.385 e. The second-order valence-electron chi connectivity index (χ2n) is 1.90. The zero-order chi connectivity index (χ0) is 8.69. The smallest absolute Gasteiger partial charge is 0.336 e. The van der Waals surface area contributed by atoms with Gasteiger partial charge in [0.05, 0.1) is 6.42 Å². The van der Waals surface area contributed by atoms with Crippen LogP contribution in [-0.2, 0) is 9.63 Å². The molecule has 0 saturated carbocycles. The van der Waals surface area contributed by atoms with Crippen molar-refractivity contribution in [3.8, 4) is 12.3 Å². The Morgan fingerprint density at radius 3 is 2.91 bits per heavy atom. The van der Waals surface area contributed by atoms with E-state index in [9.17, 15) is 4.79 Å². The van der Waals surface area contributed by atoms with Crippen LogP contribution in [-0.4, -0.2) is 11.8 Å². The third-order valence-corrected chi connectivity index (χ3v) is 0.765. The number of carbonyl (C=O) groups excluding carboxylic acids is 1. The maximum atomic E-state index is 10.6. The monoisotopic (exact) mass is 154 g/mol. The lowest BCUT2D eigenvalue weighted by Crippen LogP contribution is -2.08. The lowest BCUT2D eigenvalue weighted by Gasteiger charge is -1.93. The van der Waals surface area contributed by atoms with Crippen molar-refractivity contribution in [1.29, 1.82) is 0 Å². The van der Waals surface area contributed by atoms with Gasteiger partial charge in [0.1, 0.15) is 5.84 Å². The molecule has 2 N–H and O–H groups in total. The first-order valence-corrected chi connectivity index (χ1v) is 3.10. The maximum Gasteiger partial charge on any atom is 0.336 e. The predicted molar refractivity (Wildman–Crippen MR) is 41.5 cm³/mol. The Morgan fingerprint density at radius 2 is 2.45 bits per heavy atom. The van der Waals surface area contributed by atoms with Crippen molar-refractivity contribution in [1.82, 2.24) is 0 Å². The number of rotatable bonds is 3. The van der Waals surface area contributed by atoms with Gasteiger partial charge >= 0.3 is 5.97 Å². The summed E-state index contributed by atoms with van der Waals surface area (Å²) >= 11 is 0. The Labute approximate surface area is 65.4 Å². The summed E-state index contributed by atoms with van der Waals surface area (Å²) in [5, 5.41) is 3.25. The third-order valence-electron chi connectivity index (χ3n) is 0.765. The molecule has 0 aliphatic rings. The van der Waals surface area contributed by atoms with Gasteiger partial charge in [0.25, 0.3) is 0 Å². The van der Waals surface area contributed by atoms with Gasteiger partial charge in [-0.05, 0) is 6.92 Å². The summed E-state index contributed by atoms with van der Waals surface area (Å²) in [6.45, 7) is 1.52. The number of terminal acetylenes is 1. The van der Waals surface area contributed by atoms with E-state index in [0.29, 0.717) is 6.42 Å². The number of oxime groups is 1. The molecule has 0 spiro atoms.